The maximum absolute atomic E-state index is 14.1. The third-order valence-electron chi connectivity index (χ3n) is 8.30. The Balaban J connectivity index is 2.42. The van der Waals surface area contributed by atoms with Crippen LogP contribution in [0, 0.1) is 5.92 Å². The average molecular weight is 783 g/mol. The minimum atomic E-state index is -1.68. The zero-order valence-electron chi connectivity index (χ0n) is 31.5. The molecule has 0 fully saturated rings. The van der Waals surface area contributed by atoms with Gasteiger partial charge < -0.3 is 59.7 Å². The van der Waals surface area contributed by atoms with Crippen molar-refractivity contribution in [1.82, 2.24) is 26.6 Å². The number of carboxylic acid groups (broad SMARTS) is 1. The molecule has 2 rings (SSSR count). The first-order valence-corrected chi connectivity index (χ1v) is 18.0. The van der Waals surface area contributed by atoms with E-state index in [1.165, 1.54) is 0 Å². The van der Waals surface area contributed by atoms with Gasteiger partial charge in [0.2, 0.25) is 35.4 Å². The van der Waals surface area contributed by atoms with Gasteiger partial charge in [-0.2, -0.15) is 0 Å². The molecule has 2 aromatic rings. The molecule has 15 N–H and O–H groups in total. The Morgan fingerprint density at radius 1 is 0.643 bits per heavy atom. The van der Waals surface area contributed by atoms with E-state index < -0.39 is 90.7 Å². The van der Waals surface area contributed by atoms with Crippen LogP contribution in [0.25, 0.3) is 0 Å². The number of carbonyl (C=O) groups is 7. The van der Waals surface area contributed by atoms with Crippen molar-refractivity contribution in [3.63, 3.8) is 0 Å². The molecule has 0 aliphatic carbocycles. The highest BCUT2D eigenvalue weighted by Crippen LogP contribution is 2.11. The summed E-state index contributed by atoms with van der Waals surface area (Å²) in [6, 6.07) is 9.41. The van der Waals surface area contributed by atoms with E-state index >= 15 is 0 Å². The van der Waals surface area contributed by atoms with Gasteiger partial charge in [-0.25, -0.2) is 4.79 Å². The minimum absolute atomic E-state index is 0.0173. The van der Waals surface area contributed by atoms with Crippen molar-refractivity contribution >= 4 is 47.4 Å². The Hall–Kier alpha value is -6.08. The Morgan fingerprint density at radius 2 is 1.07 bits per heavy atom. The van der Waals surface area contributed by atoms with Gasteiger partial charge >= 0.3 is 5.97 Å². The van der Waals surface area contributed by atoms with Crippen molar-refractivity contribution in [3.8, 4) is 0 Å². The van der Waals surface area contributed by atoms with Gasteiger partial charge in [0, 0.05) is 19.4 Å². The summed E-state index contributed by atoms with van der Waals surface area (Å²) in [6.07, 6.45) is -0.537. The van der Waals surface area contributed by atoms with E-state index in [4.69, 9.17) is 22.9 Å². The fourth-order valence-corrected chi connectivity index (χ4v) is 5.45. The Morgan fingerprint density at radius 3 is 1.52 bits per heavy atom. The van der Waals surface area contributed by atoms with E-state index in [2.05, 4.69) is 31.6 Å². The summed E-state index contributed by atoms with van der Waals surface area (Å²) >= 11 is 0. The molecular formula is C37H54N10O9. The van der Waals surface area contributed by atoms with Crippen molar-refractivity contribution in [2.45, 2.75) is 88.6 Å². The monoisotopic (exact) mass is 782 g/mol. The number of carbonyl (C=O) groups excluding carboxylic acids is 6. The molecule has 6 atom stereocenters. The van der Waals surface area contributed by atoms with Crippen molar-refractivity contribution in [2.75, 3.05) is 13.2 Å². The normalized spacial score (nSPS) is 14.1. The Bertz CT molecular complexity index is 1660. The number of aliphatic imine (C=N–C) groups is 1. The third kappa shape index (κ3) is 16.9. The molecule has 19 heteroatoms. The van der Waals surface area contributed by atoms with E-state index in [0.29, 0.717) is 11.1 Å². The molecule has 0 saturated heterocycles. The van der Waals surface area contributed by atoms with Gasteiger partial charge in [0.05, 0.1) is 13.0 Å². The van der Waals surface area contributed by atoms with Crippen LogP contribution in [0.15, 0.2) is 65.7 Å². The zero-order chi connectivity index (χ0) is 41.8. The van der Waals surface area contributed by atoms with Gasteiger partial charge in [0.1, 0.15) is 36.3 Å². The molecule has 6 amide bonds. The lowest BCUT2D eigenvalue weighted by Crippen LogP contribution is -2.60. The molecule has 0 saturated carbocycles. The van der Waals surface area contributed by atoms with E-state index in [1.54, 1.807) is 74.5 Å². The van der Waals surface area contributed by atoms with Gasteiger partial charge in [-0.3, -0.25) is 33.8 Å². The van der Waals surface area contributed by atoms with Crippen molar-refractivity contribution in [2.24, 2.45) is 33.8 Å². The maximum Gasteiger partial charge on any atom is 0.326 e. The number of rotatable bonds is 24. The molecule has 0 bridgehead atoms. The molecule has 0 radical (unpaired) electrons. The second kappa shape index (κ2) is 23.6. The van der Waals surface area contributed by atoms with Crippen LogP contribution in [0.1, 0.15) is 50.7 Å². The molecule has 0 spiro atoms. The highest BCUT2D eigenvalue weighted by atomic mass is 16.4. The summed E-state index contributed by atoms with van der Waals surface area (Å²) in [7, 11) is 0. The fraction of sp³-hybridized carbons (Fsp3) is 0.459. The molecule has 56 heavy (non-hydrogen) atoms. The number of aliphatic hydroxyl groups excluding tert-OH is 1. The molecule has 19 nitrogen and oxygen atoms in total. The standard InChI is InChI=1S/C37H54N10O9/c1-21(2)16-26(33(52)43-25(14-9-15-42-37(40)41)32(51)47-29(36(55)56)19-30(39)49)45-35(54)28(18-23-12-7-4-8-13-23)46-34(53)27(44-31(50)24(38)20-48)17-22-10-5-3-6-11-22/h3-8,10-13,21,24-29,48H,9,14-20,38H2,1-2H3,(H2,39,49)(H,43,52)(H,44,50)(H,45,54)(H,46,53)(H,47,51)(H,55,56)(H4,40,41,42)/t24-,25-,26+,27+,28+,29+/m1/s1. The van der Waals surface area contributed by atoms with Crippen LogP contribution in [0.3, 0.4) is 0 Å². The predicted octanol–water partition coefficient (Wildman–Crippen LogP) is -2.72. The van der Waals surface area contributed by atoms with Crippen LogP contribution in [-0.2, 0) is 46.4 Å². The highest BCUT2D eigenvalue weighted by molar-refractivity contribution is 5.97. The molecular weight excluding hydrogens is 728 g/mol. The lowest BCUT2D eigenvalue weighted by atomic mass is 9.99. The summed E-state index contributed by atoms with van der Waals surface area (Å²) in [4.78, 5) is 94.9. The number of benzene rings is 2. The Labute approximate surface area is 324 Å². The quantitative estimate of drug-likeness (QED) is 0.0294. The first kappa shape index (κ1) is 46.1. The van der Waals surface area contributed by atoms with Gasteiger partial charge in [-0.1, -0.05) is 74.5 Å². The largest absolute Gasteiger partial charge is 0.480 e. The number of aliphatic carboxylic acids is 1. The second-order valence-electron chi connectivity index (χ2n) is 13.6. The smallest absolute Gasteiger partial charge is 0.326 e. The van der Waals surface area contributed by atoms with Crippen LogP contribution in [0.2, 0.25) is 0 Å². The van der Waals surface area contributed by atoms with E-state index in [0.717, 1.165) is 0 Å². The van der Waals surface area contributed by atoms with Crippen LogP contribution >= 0.6 is 0 Å². The first-order chi connectivity index (χ1) is 26.5. The van der Waals surface area contributed by atoms with Crippen molar-refractivity contribution < 1.29 is 43.8 Å². The van der Waals surface area contributed by atoms with Crippen LogP contribution < -0.4 is 49.5 Å². The van der Waals surface area contributed by atoms with Crippen LogP contribution in [0.5, 0.6) is 0 Å². The predicted molar refractivity (Wildman–Crippen MR) is 206 cm³/mol. The number of hydrogen-bond acceptors (Lipinski definition) is 10. The lowest BCUT2D eigenvalue weighted by Gasteiger charge is -2.28. The molecule has 0 aromatic heterocycles. The number of nitrogens with two attached hydrogens (primary N) is 4. The van der Waals surface area contributed by atoms with Crippen molar-refractivity contribution in [3.05, 3.63) is 71.8 Å². The molecule has 306 valence electrons. The summed E-state index contributed by atoms with van der Waals surface area (Å²) in [5, 5.41) is 31.7. The number of nitrogens with zero attached hydrogens (tertiary/aromatic N) is 1. The van der Waals surface area contributed by atoms with E-state index in [-0.39, 0.29) is 50.5 Å². The SMILES string of the molecule is CC(C)C[C@H](NC(=O)[C@H](Cc1ccccc1)NC(=O)[C@H](Cc1ccccc1)NC(=O)[C@H](N)CO)C(=O)N[C@H](CCCN=C(N)N)C(=O)N[C@@H](CC(N)=O)C(=O)O. The number of hydrogen-bond donors (Lipinski definition) is 11. The third-order valence-corrected chi connectivity index (χ3v) is 8.30. The maximum atomic E-state index is 14.1. The minimum Gasteiger partial charge on any atom is -0.480 e. The number of amides is 6. The lowest BCUT2D eigenvalue weighted by molar-refractivity contribution is -0.143. The zero-order valence-corrected chi connectivity index (χ0v) is 31.5. The summed E-state index contributed by atoms with van der Waals surface area (Å²) in [6.45, 7) is 2.99. The topological polar surface area (TPSA) is 337 Å². The van der Waals surface area contributed by atoms with Gasteiger partial charge in [-0.05, 0) is 36.3 Å². The second-order valence-corrected chi connectivity index (χ2v) is 13.6. The van der Waals surface area contributed by atoms with Crippen LogP contribution in [-0.4, -0.2) is 107 Å². The summed E-state index contributed by atoms with van der Waals surface area (Å²) < 4.78 is 0. The van der Waals surface area contributed by atoms with Crippen molar-refractivity contribution in [1.29, 1.82) is 0 Å². The fourth-order valence-electron chi connectivity index (χ4n) is 5.45. The number of carboxylic acids is 1. The summed E-state index contributed by atoms with van der Waals surface area (Å²) in [5.74, 6) is -6.91. The molecule has 0 unspecified atom stereocenters. The number of guanidine groups is 1. The number of primary amides is 1. The van der Waals surface area contributed by atoms with Gasteiger partial charge in [0.15, 0.2) is 5.96 Å². The Kier molecular flexibility index (Phi) is 19.5. The van der Waals surface area contributed by atoms with E-state index in [1.807, 2.05) is 0 Å². The first-order valence-electron chi connectivity index (χ1n) is 18.0. The van der Waals surface area contributed by atoms with Gasteiger partial charge in [0.25, 0.3) is 0 Å². The summed E-state index contributed by atoms with van der Waals surface area (Å²) in [5.41, 5.74) is 23.0. The number of nitrogens with one attached hydrogen (secondary N) is 5. The average Bonchev–Trinajstić information content (AvgIpc) is 3.14. The molecule has 0 heterocycles. The highest BCUT2D eigenvalue weighted by Gasteiger charge is 2.33. The van der Waals surface area contributed by atoms with Crippen LogP contribution in [0.4, 0.5) is 0 Å². The molecule has 0 aliphatic heterocycles. The van der Waals surface area contributed by atoms with Gasteiger partial charge in [-0.15, -0.1) is 0 Å². The molecule has 0 aliphatic rings. The van der Waals surface area contributed by atoms with E-state index in [9.17, 15) is 43.8 Å². The number of aliphatic hydroxyl groups is 1. The molecule has 2 aromatic carbocycles.